The molecule has 182 valence electrons. The molecule has 0 aliphatic heterocycles. The van der Waals surface area contributed by atoms with Crippen molar-refractivity contribution in [3.05, 3.63) is 95.5 Å². The predicted molar refractivity (Wildman–Crippen MR) is 157 cm³/mol. The van der Waals surface area contributed by atoms with Crippen molar-refractivity contribution in [2.45, 2.75) is 63.2 Å². The summed E-state index contributed by atoms with van der Waals surface area (Å²) >= 11 is 0. The Bertz CT molecular complexity index is 1010. The molecule has 0 radical (unpaired) electrons. The second-order valence-corrected chi connectivity index (χ2v) is 11.6. The Morgan fingerprint density at radius 1 is 0.514 bits per heavy atom. The Kier molecular flexibility index (Phi) is 13.7. The molecule has 0 atom stereocenters. The van der Waals surface area contributed by atoms with Crippen LogP contribution in [-0.2, 0) is 26.2 Å². The number of hydrogen-bond donors (Lipinski definition) is 0. The smallest absolute Gasteiger partial charge is 0.157 e. The molecular formula is C30H34Cl2P2Zr. The van der Waals surface area contributed by atoms with Crippen molar-refractivity contribution in [2.24, 2.45) is 0 Å². The third-order valence-corrected chi connectivity index (χ3v) is 9.85. The zero-order chi connectivity index (χ0) is 21.6. The average molecular weight is 619 g/mol. The van der Waals surface area contributed by atoms with Crippen molar-refractivity contribution in [1.82, 2.24) is 0 Å². The maximum atomic E-state index is 2.36. The van der Waals surface area contributed by atoms with E-state index in [1.807, 2.05) is 0 Å². The molecule has 0 nitrogen and oxygen atoms in total. The van der Waals surface area contributed by atoms with E-state index in [0.717, 1.165) is 11.8 Å². The third-order valence-electron chi connectivity index (χ3n) is 7.01. The molecule has 0 amide bonds. The van der Waals surface area contributed by atoms with Gasteiger partial charge in [0.25, 0.3) is 0 Å². The zero-order valence-electron chi connectivity index (χ0n) is 20.1. The molecular weight excluding hydrogens is 584 g/mol. The molecule has 35 heavy (non-hydrogen) atoms. The Balaban J connectivity index is 0.000000227. The molecule has 2 aliphatic rings. The Labute approximate surface area is 246 Å². The summed E-state index contributed by atoms with van der Waals surface area (Å²) in [6, 6.07) is 30.9. The molecule has 0 saturated heterocycles. The van der Waals surface area contributed by atoms with Crippen molar-refractivity contribution in [2.75, 3.05) is 0 Å². The molecule has 2 aliphatic carbocycles. The fraction of sp³-hybridized carbons (Fsp3) is 0.333. The SMILES string of the molecule is Cl.Cl.[Zr+2].c1ccc(-[c-]2ccc(C3CCCC3)p2)cc1.c1ccc(-[c-]2ccc(C3CCCC3)p2)cc1. The fourth-order valence-electron chi connectivity index (χ4n) is 5.19. The Morgan fingerprint density at radius 2 is 0.857 bits per heavy atom. The van der Waals surface area contributed by atoms with Crippen LogP contribution in [-0.4, -0.2) is 0 Å². The van der Waals surface area contributed by atoms with Gasteiger partial charge in [0, 0.05) is 0 Å². The van der Waals surface area contributed by atoms with Gasteiger partial charge in [0.2, 0.25) is 0 Å². The molecule has 2 heterocycles. The number of rotatable bonds is 4. The number of benzene rings is 2. The molecule has 0 bridgehead atoms. The summed E-state index contributed by atoms with van der Waals surface area (Å²) in [6.45, 7) is 0. The molecule has 0 unspecified atom stereocenters. The first-order chi connectivity index (χ1) is 15.9. The first kappa shape index (κ1) is 30.7. The maximum Gasteiger partial charge on any atom is 2.00 e. The van der Waals surface area contributed by atoms with Crippen LogP contribution in [0.15, 0.2) is 84.9 Å². The summed E-state index contributed by atoms with van der Waals surface area (Å²) in [5.74, 6) is 1.75. The first-order valence-corrected chi connectivity index (χ1v) is 14.0. The summed E-state index contributed by atoms with van der Waals surface area (Å²) in [6.07, 6.45) is 11.4. The van der Waals surface area contributed by atoms with Crippen LogP contribution in [0.25, 0.3) is 21.7 Å². The van der Waals surface area contributed by atoms with Crippen LogP contribution in [0.2, 0.25) is 0 Å². The van der Waals surface area contributed by atoms with E-state index in [1.165, 1.54) is 89.5 Å². The molecule has 2 fully saturated rings. The van der Waals surface area contributed by atoms with Crippen LogP contribution in [0.1, 0.15) is 73.8 Å². The van der Waals surface area contributed by atoms with Gasteiger partial charge in [0.1, 0.15) is 0 Å². The molecule has 4 aromatic rings. The largest absolute Gasteiger partial charge is 2.00 e. The van der Waals surface area contributed by atoms with Crippen LogP contribution in [0.3, 0.4) is 0 Å². The summed E-state index contributed by atoms with van der Waals surface area (Å²) in [5.41, 5.74) is 2.77. The third kappa shape index (κ3) is 8.22. The topological polar surface area (TPSA) is 0 Å². The van der Waals surface area contributed by atoms with Crippen LogP contribution in [0.4, 0.5) is 0 Å². The normalized spacial score (nSPS) is 15.8. The van der Waals surface area contributed by atoms with E-state index >= 15 is 0 Å². The van der Waals surface area contributed by atoms with E-state index in [-0.39, 0.29) is 51.0 Å². The maximum absolute atomic E-state index is 2.36. The second kappa shape index (κ2) is 15.7. The predicted octanol–water partition coefficient (Wildman–Crippen LogP) is 11.5. The van der Waals surface area contributed by atoms with Gasteiger partial charge in [-0.05, 0) is 11.8 Å². The zero-order valence-corrected chi connectivity index (χ0v) is 26.0. The number of halogens is 2. The Hall–Kier alpha value is -0.537. The van der Waals surface area contributed by atoms with Gasteiger partial charge < -0.3 is 0 Å². The quantitative estimate of drug-likeness (QED) is 0.200. The minimum Gasteiger partial charge on any atom is -0.157 e. The minimum atomic E-state index is 0. The molecule has 5 heteroatoms. The molecule has 2 aromatic carbocycles. The van der Waals surface area contributed by atoms with E-state index in [4.69, 9.17) is 0 Å². The first-order valence-electron chi connectivity index (χ1n) is 12.2. The molecule has 2 aromatic heterocycles. The van der Waals surface area contributed by atoms with Crippen LogP contribution in [0, 0.1) is 0 Å². The second-order valence-electron chi connectivity index (χ2n) is 9.21. The van der Waals surface area contributed by atoms with Gasteiger partial charge in [-0.2, -0.15) is 16.4 Å². The van der Waals surface area contributed by atoms with E-state index in [0.29, 0.717) is 0 Å². The molecule has 0 N–H and O–H groups in total. The van der Waals surface area contributed by atoms with Gasteiger partial charge in [-0.1, -0.05) is 98.4 Å². The van der Waals surface area contributed by atoms with Crippen molar-refractivity contribution in [1.29, 1.82) is 0 Å². The molecule has 2 saturated carbocycles. The van der Waals surface area contributed by atoms with E-state index in [2.05, 4.69) is 84.9 Å². The summed E-state index contributed by atoms with van der Waals surface area (Å²) in [5, 5.41) is 6.25. The molecule has 6 rings (SSSR count). The van der Waals surface area contributed by atoms with Gasteiger partial charge in [-0.3, -0.25) is 0 Å². The Morgan fingerprint density at radius 3 is 1.20 bits per heavy atom. The van der Waals surface area contributed by atoms with Gasteiger partial charge in [0.15, 0.2) is 0 Å². The van der Waals surface area contributed by atoms with E-state index in [1.54, 1.807) is 10.6 Å². The standard InChI is InChI=1S/2C15H16P.2ClH.Zr/c2*1-2-6-12(7-3-1)14-10-11-15(16-14)13-8-4-5-9-13;;;/h2*1-3,6-7,10-11,13H,4-5,8-9H2;2*1H;/q2*-1;;;+2. The van der Waals surface area contributed by atoms with Crippen molar-refractivity contribution >= 4 is 41.2 Å². The van der Waals surface area contributed by atoms with Crippen LogP contribution >= 0.6 is 41.2 Å². The van der Waals surface area contributed by atoms with Crippen molar-refractivity contribution in [3.8, 4) is 21.7 Å². The van der Waals surface area contributed by atoms with Crippen LogP contribution in [0.5, 0.6) is 0 Å². The summed E-state index contributed by atoms with van der Waals surface area (Å²) < 4.78 is 0. The van der Waals surface area contributed by atoms with Crippen molar-refractivity contribution in [3.63, 3.8) is 0 Å². The summed E-state index contributed by atoms with van der Waals surface area (Å²) in [4.78, 5) is 0. The fourth-order valence-corrected chi connectivity index (χ4v) is 7.78. The minimum absolute atomic E-state index is 0. The van der Waals surface area contributed by atoms with E-state index < -0.39 is 0 Å². The summed E-state index contributed by atoms with van der Waals surface area (Å²) in [7, 11) is 2.91. The van der Waals surface area contributed by atoms with Gasteiger partial charge in [-0.15, -0.1) is 95.1 Å². The van der Waals surface area contributed by atoms with E-state index in [9.17, 15) is 0 Å². The van der Waals surface area contributed by atoms with Gasteiger partial charge >= 0.3 is 26.2 Å². The molecule has 0 spiro atoms. The van der Waals surface area contributed by atoms with Gasteiger partial charge in [-0.25, -0.2) is 0 Å². The van der Waals surface area contributed by atoms with Crippen LogP contribution < -0.4 is 0 Å². The average Bonchev–Trinajstić information content (AvgIpc) is 3.67. The monoisotopic (exact) mass is 616 g/mol. The van der Waals surface area contributed by atoms with Crippen molar-refractivity contribution < 1.29 is 26.2 Å². The van der Waals surface area contributed by atoms with Gasteiger partial charge in [0.05, 0.1) is 0 Å². The number of hydrogen-bond acceptors (Lipinski definition) is 0.